The van der Waals surface area contributed by atoms with Crippen LogP contribution in [0.2, 0.25) is 0 Å². The zero-order valence-electron chi connectivity index (χ0n) is 9.61. The van der Waals surface area contributed by atoms with Crippen molar-refractivity contribution in [1.29, 1.82) is 0 Å². The van der Waals surface area contributed by atoms with Crippen LogP contribution in [-0.2, 0) is 7.05 Å². The van der Waals surface area contributed by atoms with Crippen LogP contribution in [0.5, 0.6) is 0 Å². The van der Waals surface area contributed by atoms with Gasteiger partial charge in [0.15, 0.2) is 5.13 Å². The molecule has 0 unspecified atom stereocenters. The lowest BCUT2D eigenvalue weighted by Gasteiger charge is -1.99. The maximum absolute atomic E-state index is 5.62. The highest BCUT2D eigenvalue weighted by atomic mass is 32.1. The van der Waals surface area contributed by atoms with Crippen molar-refractivity contribution in [2.75, 3.05) is 5.73 Å². The van der Waals surface area contributed by atoms with E-state index in [-0.39, 0.29) is 0 Å². The molecule has 3 aromatic rings. The number of hydrogen-bond acceptors (Lipinski definition) is 6. The molecule has 0 amide bonds. The van der Waals surface area contributed by atoms with Crippen molar-refractivity contribution in [1.82, 2.24) is 25.0 Å². The topological polar surface area (TPSA) is 82.5 Å². The molecule has 0 radical (unpaired) electrons. The van der Waals surface area contributed by atoms with Crippen LogP contribution in [0.25, 0.3) is 22.8 Å². The van der Waals surface area contributed by atoms with Crippen molar-refractivity contribution in [2.45, 2.75) is 0 Å². The molecule has 18 heavy (non-hydrogen) atoms. The number of rotatable bonds is 2. The molecule has 0 saturated heterocycles. The normalized spacial score (nSPS) is 10.7. The molecule has 0 aromatic carbocycles. The van der Waals surface area contributed by atoms with Gasteiger partial charge in [-0.3, -0.25) is 0 Å². The molecule has 0 spiro atoms. The Kier molecular flexibility index (Phi) is 2.52. The largest absolute Gasteiger partial charge is 0.375 e. The second-order valence-electron chi connectivity index (χ2n) is 3.70. The molecule has 90 valence electrons. The van der Waals surface area contributed by atoms with Crippen LogP contribution in [0.3, 0.4) is 0 Å². The maximum Gasteiger partial charge on any atom is 0.180 e. The van der Waals surface area contributed by atoms with Crippen LogP contribution in [-0.4, -0.2) is 25.0 Å². The molecule has 3 heterocycles. The third kappa shape index (κ3) is 1.95. The van der Waals surface area contributed by atoms with Crippen LogP contribution < -0.4 is 5.73 Å². The minimum atomic E-state index is 0.539. The average Bonchev–Trinajstić information content (AvgIpc) is 2.98. The summed E-state index contributed by atoms with van der Waals surface area (Å²) in [6, 6.07) is 5.71. The molecule has 0 aliphatic heterocycles. The second kappa shape index (κ2) is 4.19. The molecule has 0 aliphatic rings. The lowest BCUT2D eigenvalue weighted by molar-refractivity contribution is 0.655. The molecule has 3 rings (SSSR count). The van der Waals surface area contributed by atoms with Gasteiger partial charge in [-0.1, -0.05) is 6.07 Å². The molecule has 3 aromatic heterocycles. The predicted molar refractivity (Wildman–Crippen MR) is 69.8 cm³/mol. The van der Waals surface area contributed by atoms with E-state index in [2.05, 4.69) is 20.2 Å². The first-order valence-corrected chi connectivity index (χ1v) is 6.15. The molecule has 0 fully saturated rings. The summed E-state index contributed by atoms with van der Waals surface area (Å²) < 4.78 is 0. The van der Waals surface area contributed by atoms with Gasteiger partial charge in [0, 0.05) is 12.4 Å². The van der Waals surface area contributed by atoms with Crippen LogP contribution in [0, 0.1) is 0 Å². The van der Waals surface area contributed by atoms with Gasteiger partial charge in [-0.2, -0.15) is 15.0 Å². The fourth-order valence-corrected chi connectivity index (χ4v) is 2.15. The number of hydrogen-bond donors (Lipinski definition) is 1. The van der Waals surface area contributed by atoms with Crippen molar-refractivity contribution in [3.05, 3.63) is 29.8 Å². The van der Waals surface area contributed by atoms with E-state index < -0.39 is 0 Å². The fourth-order valence-electron chi connectivity index (χ4n) is 1.59. The van der Waals surface area contributed by atoms with Gasteiger partial charge in [0.05, 0.1) is 17.6 Å². The summed E-state index contributed by atoms with van der Waals surface area (Å²) in [5.41, 5.74) is 8.70. The van der Waals surface area contributed by atoms with E-state index in [0.717, 1.165) is 22.8 Å². The smallest absolute Gasteiger partial charge is 0.180 e. The maximum atomic E-state index is 5.62. The average molecular weight is 258 g/mol. The molecule has 0 saturated carbocycles. The quantitative estimate of drug-likeness (QED) is 0.754. The molecular weight excluding hydrogens is 248 g/mol. The number of nitrogens with two attached hydrogens (primary N) is 1. The van der Waals surface area contributed by atoms with Gasteiger partial charge in [0.2, 0.25) is 0 Å². The van der Waals surface area contributed by atoms with E-state index in [0.29, 0.717) is 5.13 Å². The lowest BCUT2D eigenvalue weighted by atomic mass is 10.2. The number of aromatic nitrogens is 5. The van der Waals surface area contributed by atoms with Crippen molar-refractivity contribution in [2.24, 2.45) is 7.05 Å². The molecule has 2 N–H and O–H groups in total. The SMILES string of the molecule is Cn1ncc(-c2cccc(-c3csc(N)n3)n2)n1. The third-order valence-corrected chi connectivity index (χ3v) is 3.07. The standard InChI is InChI=1S/C11H10N6S/c1-17-13-5-9(16-17)7-3-2-4-8(14-7)10-6-18-11(12)15-10/h2-6H,1H3,(H2,12,15). The van der Waals surface area contributed by atoms with Crippen molar-refractivity contribution in [3.8, 4) is 22.8 Å². The number of anilines is 1. The van der Waals surface area contributed by atoms with E-state index in [4.69, 9.17) is 5.73 Å². The number of thiazole rings is 1. The Balaban J connectivity index is 2.04. The highest BCUT2D eigenvalue weighted by molar-refractivity contribution is 7.13. The van der Waals surface area contributed by atoms with Crippen LogP contribution >= 0.6 is 11.3 Å². The Hall–Kier alpha value is -2.28. The minimum absolute atomic E-state index is 0.539. The molecule has 6 nitrogen and oxygen atoms in total. The lowest BCUT2D eigenvalue weighted by Crippen LogP contribution is -1.93. The Labute approximate surface area is 107 Å². The van der Waals surface area contributed by atoms with Gasteiger partial charge in [-0.05, 0) is 12.1 Å². The van der Waals surface area contributed by atoms with Gasteiger partial charge in [0.1, 0.15) is 11.4 Å². The van der Waals surface area contributed by atoms with Crippen molar-refractivity contribution in [3.63, 3.8) is 0 Å². The van der Waals surface area contributed by atoms with Crippen LogP contribution in [0.4, 0.5) is 5.13 Å². The molecule has 7 heteroatoms. The van der Waals surface area contributed by atoms with Crippen molar-refractivity contribution < 1.29 is 0 Å². The second-order valence-corrected chi connectivity index (χ2v) is 4.59. The Morgan fingerprint density at radius 2 is 1.89 bits per heavy atom. The van der Waals surface area contributed by atoms with Gasteiger partial charge in [0.25, 0.3) is 0 Å². The highest BCUT2D eigenvalue weighted by Crippen LogP contribution is 2.23. The molecule has 0 bridgehead atoms. The summed E-state index contributed by atoms with van der Waals surface area (Å²) in [5, 5.41) is 10.7. The number of pyridine rings is 1. The number of nitrogens with zero attached hydrogens (tertiary/aromatic N) is 5. The molecule has 0 atom stereocenters. The summed E-state index contributed by atoms with van der Waals surface area (Å²) in [6.07, 6.45) is 1.68. The molecular formula is C11H10N6S. The van der Waals surface area contributed by atoms with E-state index >= 15 is 0 Å². The summed E-state index contributed by atoms with van der Waals surface area (Å²) >= 11 is 1.40. The van der Waals surface area contributed by atoms with Gasteiger partial charge in [-0.15, -0.1) is 11.3 Å². The number of aryl methyl sites for hydroxylation is 1. The number of nitrogen functional groups attached to an aromatic ring is 1. The zero-order chi connectivity index (χ0) is 12.5. The van der Waals surface area contributed by atoms with Gasteiger partial charge in [-0.25, -0.2) is 9.97 Å². The summed E-state index contributed by atoms with van der Waals surface area (Å²) in [5.74, 6) is 0. The Morgan fingerprint density at radius 3 is 2.50 bits per heavy atom. The van der Waals surface area contributed by atoms with E-state index in [1.807, 2.05) is 23.6 Å². The zero-order valence-corrected chi connectivity index (χ0v) is 10.4. The Morgan fingerprint density at radius 1 is 1.11 bits per heavy atom. The third-order valence-electron chi connectivity index (χ3n) is 2.40. The minimum Gasteiger partial charge on any atom is -0.375 e. The van der Waals surface area contributed by atoms with E-state index in [1.54, 1.807) is 13.2 Å². The summed E-state index contributed by atoms with van der Waals surface area (Å²) in [4.78, 5) is 10.2. The monoisotopic (exact) mass is 258 g/mol. The van der Waals surface area contributed by atoms with Crippen molar-refractivity contribution >= 4 is 16.5 Å². The van der Waals surface area contributed by atoms with Crippen LogP contribution in [0.1, 0.15) is 0 Å². The van der Waals surface area contributed by atoms with Gasteiger partial charge >= 0.3 is 0 Å². The first kappa shape index (κ1) is 10.8. The fraction of sp³-hybridized carbons (Fsp3) is 0.0909. The van der Waals surface area contributed by atoms with Gasteiger partial charge < -0.3 is 5.73 Å². The molecule has 0 aliphatic carbocycles. The first-order valence-electron chi connectivity index (χ1n) is 5.27. The van der Waals surface area contributed by atoms with E-state index in [1.165, 1.54) is 16.1 Å². The highest BCUT2D eigenvalue weighted by Gasteiger charge is 2.08. The van der Waals surface area contributed by atoms with E-state index in [9.17, 15) is 0 Å². The summed E-state index contributed by atoms with van der Waals surface area (Å²) in [7, 11) is 1.77. The van der Waals surface area contributed by atoms with Crippen LogP contribution in [0.15, 0.2) is 29.8 Å². The first-order chi connectivity index (χ1) is 8.72. The predicted octanol–water partition coefficient (Wildman–Crippen LogP) is 1.58. The Bertz CT molecular complexity index is 631. The summed E-state index contributed by atoms with van der Waals surface area (Å²) in [6.45, 7) is 0.